The Labute approximate surface area is 266 Å². The van der Waals surface area contributed by atoms with Crippen molar-refractivity contribution in [1.82, 2.24) is 10.3 Å². The van der Waals surface area contributed by atoms with Crippen molar-refractivity contribution in [2.75, 3.05) is 52.7 Å². The lowest BCUT2D eigenvalue weighted by Gasteiger charge is -2.23. The molecule has 8 nitrogen and oxygen atoms in total. The number of pyridine rings is 1. The second kappa shape index (κ2) is 13.8. The predicted molar refractivity (Wildman–Crippen MR) is 185 cm³/mol. The van der Waals surface area contributed by atoms with Gasteiger partial charge in [0, 0.05) is 65.4 Å². The first-order valence-corrected chi connectivity index (χ1v) is 15.4. The Bertz CT molecular complexity index is 1820. The number of fused-ring (bicyclic) bond motifs is 2. The van der Waals surface area contributed by atoms with Crippen molar-refractivity contribution in [3.8, 4) is 0 Å². The molecule has 44 heavy (non-hydrogen) atoms. The summed E-state index contributed by atoms with van der Waals surface area (Å²) in [6.45, 7) is 5.37. The summed E-state index contributed by atoms with van der Waals surface area (Å²) in [4.78, 5) is 32.7. The van der Waals surface area contributed by atoms with Crippen LogP contribution >= 0.6 is 23.2 Å². The molecule has 0 atom stereocenters. The third-order valence-corrected chi connectivity index (χ3v) is 7.80. The van der Waals surface area contributed by atoms with Crippen LogP contribution in [0.3, 0.4) is 0 Å². The van der Waals surface area contributed by atoms with Crippen LogP contribution in [0.15, 0.2) is 78.9 Å². The number of amides is 3. The summed E-state index contributed by atoms with van der Waals surface area (Å²) in [6.07, 6.45) is 0. The number of rotatable bonds is 10. The number of para-hydroxylation sites is 2. The van der Waals surface area contributed by atoms with Crippen LogP contribution in [0.1, 0.15) is 21.5 Å². The first-order chi connectivity index (χ1) is 21.3. The first kappa shape index (κ1) is 30.9. The molecule has 0 aliphatic rings. The number of urea groups is 1. The molecule has 4 N–H and O–H groups in total. The summed E-state index contributed by atoms with van der Waals surface area (Å²) in [7, 11) is 1.61. The molecular formula is C34H34Cl2N6O2. The van der Waals surface area contributed by atoms with E-state index in [1.54, 1.807) is 13.1 Å². The lowest BCUT2D eigenvalue weighted by Crippen LogP contribution is -2.27. The Morgan fingerprint density at radius 3 is 2.09 bits per heavy atom. The zero-order chi connectivity index (χ0) is 31.2. The van der Waals surface area contributed by atoms with Crippen LogP contribution in [0.2, 0.25) is 0 Å². The summed E-state index contributed by atoms with van der Waals surface area (Å²) in [5.74, 6) is 0.793. The van der Waals surface area contributed by atoms with Gasteiger partial charge in [-0.05, 0) is 67.4 Å². The van der Waals surface area contributed by atoms with Gasteiger partial charge in [0.15, 0.2) is 0 Å². The fraction of sp³-hybridized carbons (Fsp3) is 0.206. The molecule has 4 aromatic carbocycles. The smallest absolute Gasteiger partial charge is 0.323 e. The molecule has 1 heterocycles. The standard InChI is InChI=1S/C34H34Cl2N6O2/c1-21-10-11-24(39-34(44)38-23-12-14-25(15-13-23)42(18-16-35)19-17-36)20-29(21)40-31-26-7-4-6-22(2)30(26)41-32-27(31)8-5-9-28(32)33(43)37-3/h4-15,20H,16-19H2,1-3H3,(H,37,43)(H,40,41)(H2,38,39,44). The Morgan fingerprint density at radius 2 is 1.41 bits per heavy atom. The quantitative estimate of drug-likeness (QED) is 0.0926. The van der Waals surface area contributed by atoms with Crippen molar-refractivity contribution < 1.29 is 9.59 Å². The number of hydrogen-bond donors (Lipinski definition) is 4. The number of hydrogen-bond acceptors (Lipinski definition) is 5. The molecule has 226 valence electrons. The van der Waals surface area contributed by atoms with Crippen LogP contribution in [0.4, 0.5) is 33.2 Å². The van der Waals surface area contributed by atoms with Gasteiger partial charge < -0.3 is 26.2 Å². The van der Waals surface area contributed by atoms with Gasteiger partial charge in [0.2, 0.25) is 0 Å². The minimum Gasteiger partial charge on any atom is -0.369 e. The average Bonchev–Trinajstić information content (AvgIpc) is 3.02. The number of carbonyl (C=O) groups is 2. The van der Waals surface area contributed by atoms with E-state index in [1.807, 2.05) is 86.6 Å². The number of nitrogens with zero attached hydrogens (tertiary/aromatic N) is 2. The summed E-state index contributed by atoms with van der Waals surface area (Å²) < 4.78 is 0. The van der Waals surface area contributed by atoms with E-state index in [1.165, 1.54) is 0 Å². The van der Waals surface area contributed by atoms with Crippen LogP contribution in [0.5, 0.6) is 0 Å². The third-order valence-electron chi connectivity index (χ3n) is 7.46. The van der Waals surface area contributed by atoms with Gasteiger partial charge in [-0.1, -0.05) is 36.4 Å². The van der Waals surface area contributed by atoms with E-state index in [0.717, 1.165) is 44.5 Å². The maximum Gasteiger partial charge on any atom is 0.323 e. The van der Waals surface area contributed by atoms with Gasteiger partial charge in [0.05, 0.1) is 22.3 Å². The largest absolute Gasteiger partial charge is 0.369 e. The molecule has 5 aromatic rings. The second-order valence-corrected chi connectivity index (χ2v) is 11.1. The molecule has 0 aliphatic carbocycles. The highest BCUT2D eigenvalue weighted by Gasteiger charge is 2.17. The highest BCUT2D eigenvalue weighted by atomic mass is 35.5. The molecule has 0 bridgehead atoms. The number of halogens is 2. The zero-order valence-corrected chi connectivity index (χ0v) is 26.3. The third kappa shape index (κ3) is 6.67. The van der Waals surface area contributed by atoms with E-state index in [-0.39, 0.29) is 11.9 Å². The van der Waals surface area contributed by atoms with Crippen molar-refractivity contribution in [3.05, 3.63) is 95.6 Å². The van der Waals surface area contributed by atoms with E-state index in [0.29, 0.717) is 47.3 Å². The molecule has 0 fully saturated rings. The first-order valence-electron chi connectivity index (χ1n) is 14.3. The van der Waals surface area contributed by atoms with Gasteiger partial charge in [-0.2, -0.15) is 0 Å². The minimum absolute atomic E-state index is 0.201. The zero-order valence-electron chi connectivity index (χ0n) is 24.8. The van der Waals surface area contributed by atoms with Crippen molar-refractivity contribution in [3.63, 3.8) is 0 Å². The number of aryl methyl sites for hydroxylation is 2. The molecule has 0 radical (unpaired) electrons. The Balaban J connectivity index is 1.42. The topological polar surface area (TPSA) is 98.4 Å². The monoisotopic (exact) mass is 628 g/mol. The van der Waals surface area contributed by atoms with Crippen LogP contribution < -0.4 is 26.2 Å². The number of anilines is 5. The summed E-state index contributed by atoms with van der Waals surface area (Å²) in [6, 6.07) is 24.5. The van der Waals surface area contributed by atoms with E-state index < -0.39 is 0 Å². The summed E-state index contributed by atoms with van der Waals surface area (Å²) in [5, 5.41) is 13.9. The van der Waals surface area contributed by atoms with Crippen molar-refractivity contribution in [2.24, 2.45) is 0 Å². The normalized spacial score (nSPS) is 10.9. The molecule has 1 aromatic heterocycles. The Hall–Kier alpha value is -4.53. The van der Waals surface area contributed by atoms with E-state index >= 15 is 0 Å². The molecule has 3 amide bonds. The Morgan fingerprint density at radius 1 is 0.773 bits per heavy atom. The second-order valence-electron chi connectivity index (χ2n) is 10.4. The van der Waals surface area contributed by atoms with Crippen LogP contribution in [-0.4, -0.2) is 48.8 Å². The molecule has 0 saturated heterocycles. The van der Waals surface area contributed by atoms with E-state index in [9.17, 15) is 9.59 Å². The number of carbonyl (C=O) groups excluding carboxylic acids is 2. The van der Waals surface area contributed by atoms with Gasteiger partial charge in [-0.25, -0.2) is 9.78 Å². The van der Waals surface area contributed by atoms with Crippen LogP contribution in [0, 0.1) is 13.8 Å². The molecule has 0 aliphatic heterocycles. The summed E-state index contributed by atoms with van der Waals surface area (Å²) in [5.41, 5.74) is 7.82. The molecule has 0 saturated carbocycles. The maximum atomic E-state index is 12.9. The van der Waals surface area contributed by atoms with E-state index in [4.69, 9.17) is 28.2 Å². The van der Waals surface area contributed by atoms with Gasteiger partial charge in [-0.15, -0.1) is 23.2 Å². The predicted octanol–water partition coefficient (Wildman–Crippen LogP) is 8.04. The highest BCUT2D eigenvalue weighted by molar-refractivity contribution is 6.19. The van der Waals surface area contributed by atoms with Crippen LogP contribution in [-0.2, 0) is 0 Å². The highest BCUT2D eigenvalue weighted by Crippen LogP contribution is 2.37. The van der Waals surface area contributed by atoms with Crippen molar-refractivity contribution >= 4 is 85.4 Å². The van der Waals surface area contributed by atoms with Crippen LogP contribution in [0.25, 0.3) is 21.8 Å². The van der Waals surface area contributed by atoms with Gasteiger partial charge >= 0.3 is 6.03 Å². The number of alkyl halides is 2. The minimum atomic E-state index is -0.364. The SMILES string of the molecule is CNC(=O)c1cccc2c(Nc3cc(NC(=O)Nc4ccc(N(CCCl)CCCl)cc4)ccc3C)c3cccc(C)c3nc12. The Kier molecular flexibility index (Phi) is 9.72. The molecular weight excluding hydrogens is 595 g/mol. The number of aromatic nitrogens is 1. The number of benzene rings is 4. The van der Waals surface area contributed by atoms with Gasteiger partial charge in [-0.3, -0.25) is 4.79 Å². The molecule has 0 unspecified atom stereocenters. The van der Waals surface area contributed by atoms with Gasteiger partial charge in [0.25, 0.3) is 5.91 Å². The summed E-state index contributed by atoms with van der Waals surface area (Å²) >= 11 is 11.9. The fourth-order valence-electron chi connectivity index (χ4n) is 5.18. The average molecular weight is 630 g/mol. The molecule has 0 spiro atoms. The lowest BCUT2D eigenvalue weighted by molar-refractivity contribution is 0.0964. The number of nitrogens with one attached hydrogen (secondary N) is 4. The molecule has 10 heteroatoms. The molecule has 5 rings (SSSR count). The fourth-order valence-corrected chi connectivity index (χ4v) is 5.58. The van der Waals surface area contributed by atoms with E-state index in [2.05, 4.69) is 26.2 Å². The maximum absolute atomic E-state index is 12.9. The van der Waals surface area contributed by atoms with Crippen molar-refractivity contribution in [1.29, 1.82) is 0 Å². The van der Waals surface area contributed by atoms with Crippen molar-refractivity contribution in [2.45, 2.75) is 13.8 Å². The van der Waals surface area contributed by atoms with Gasteiger partial charge in [0.1, 0.15) is 0 Å². The lowest BCUT2D eigenvalue weighted by atomic mass is 10.0.